The number of cyclic esters (lactones) is 1. The number of fused-ring (bicyclic) bond motifs is 5. The molecule has 5 heteroatoms. The third-order valence-electron chi connectivity index (χ3n) is 9.49. The highest BCUT2D eigenvalue weighted by Crippen LogP contribution is 2.68. The summed E-state index contributed by atoms with van der Waals surface area (Å²) in [5.74, 6) is 0.375. The Bertz CT molecular complexity index is 799. The van der Waals surface area contributed by atoms with Crippen LogP contribution in [0.3, 0.4) is 0 Å². The zero-order chi connectivity index (χ0) is 19.9. The highest BCUT2D eigenvalue weighted by Gasteiger charge is 2.70. The van der Waals surface area contributed by atoms with Crippen LogP contribution in [0.15, 0.2) is 11.6 Å². The van der Waals surface area contributed by atoms with Gasteiger partial charge in [0, 0.05) is 36.7 Å². The van der Waals surface area contributed by atoms with Gasteiger partial charge in [-0.3, -0.25) is 9.59 Å². The summed E-state index contributed by atoms with van der Waals surface area (Å²) in [7, 11) is 0. The van der Waals surface area contributed by atoms with E-state index in [0.29, 0.717) is 38.1 Å². The Labute approximate surface area is 165 Å². The van der Waals surface area contributed by atoms with Crippen LogP contribution in [0.25, 0.3) is 0 Å². The number of esters is 1. The number of hydrogen-bond donors (Lipinski definition) is 1. The lowest BCUT2D eigenvalue weighted by Crippen LogP contribution is -2.65. The topological polar surface area (TPSA) is 80.7 Å². The van der Waals surface area contributed by atoms with Crippen LogP contribution in [0, 0.1) is 34.5 Å². The highest BCUT2D eigenvalue weighted by atomic mass is 16.5. The van der Waals surface area contributed by atoms with Crippen LogP contribution in [0.4, 0.5) is 0 Å². The molecule has 28 heavy (non-hydrogen) atoms. The van der Waals surface area contributed by atoms with E-state index in [-0.39, 0.29) is 40.8 Å². The number of ketones is 2. The molecule has 1 aliphatic heterocycles. The zero-order valence-electron chi connectivity index (χ0n) is 16.8. The summed E-state index contributed by atoms with van der Waals surface area (Å²) in [4.78, 5) is 37.2. The fourth-order valence-electron chi connectivity index (χ4n) is 7.99. The van der Waals surface area contributed by atoms with Gasteiger partial charge in [-0.2, -0.15) is 0 Å². The summed E-state index contributed by atoms with van der Waals surface area (Å²) >= 11 is 0. The molecule has 0 bridgehead atoms. The number of carbonyl (C=O) groups is 3. The van der Waals surface area contributed by atoms with Gasteiger partial charge in [-0.15, -0.1) is 0 Å². The first-order valence-corrected chi connectivity index (χ1v) is 10.8. The molecule has 152 valence electrons. The minimum absolute atomic E-state index is 0.0207. The molecule has 0 saturated heterocycles. The molecular weight excluding hydrogens is 356 g/mol. The van der Waals surface area contributed by atoms with Crippen molar-refractivity contribution in [2.45, 2.75) is 70.8 Å². The molecule has 0 spiro atoms. The summed E-state index contributed by atoms with van der Waals surface area (Å²) in [5, 5.41) is 12.1. The third kappa shape index (κ3) is 2.20. The molecule has 0 aromatic carbocycles. The predicted octanol–water partition coefficient (Wildman–Crippen LogP) is 2.99. The van der Waals surface area contributed by atoms with Crippen molar-refractivity contribution in [3.8, 4) is 0 Å². The molecule has 5 rings (SSSR count). The molecule has 5 aliphatic rings. The Morgan fingerprint density at radius 2 is 1.89 bits per heavy atom. The second-order valence-electron chi connectivity index (χ2n) is 10.5. The second kappa shape index (κ2) is 5.78. The standard InChI is InChI=1S/C23H30O5/c1-21-7-5-15(24)10-14(21)3-4-17-20(21)18(25)11-22(2)16(6-8-23(17,22)27)13-9-19(26)28-12-13/h9,14,16-17,20,27H,3-8,10-12H2,1-2H3/t14-,16?,17?,20?,21+,22-,23+/m1/s1. The molecule has 4 aliphatic carbocycles. The first kappa shape index (κ1) is 18.5. The molecular formula is C23H30O5. The smallest absolute Gasteiger partial charge is 0.331 e. The van der Waals surface area contributed by atoms with E-state index in [0.717, 1.165) is 31.3 Å². The summed E-state index contributed by atoms with van der Waals surface area (Å²) in [6.07, 6.45) is 7.07. The molecule has 4 saturated carbocycles. The van der Waals surface area contributed by atoms with Crippen LogP contribution in [-0.4, -0.2) is 34.9 Å². The van der Waals surface area contributed by atoms with Crippen LogP contribution < -0.4 is 0 Å². The van der Waals surface area contributed by atoms with Crippen molar-refractivity contribution in [1.29, 1.82) is 0 Å². The SMILES string of the molecule is C[C@]12CCC(=O)C[C@H]1CCC1C2C(=O)C[C@]2(C)C(C3=CC(=O)OC3)CC[C@]12O. The molecule has 0 aromatic heterocycles. The zero-order valence-corrected chi connectivity index (χ0v) is 16.8. The number of ether oxygens (including phenoxy) is 1. The molecule has 4 fully saturated rings. The Morgan fingerprint density at radius 3 is 2.61 bits per heavy atom. The van der Waals surface area contributed by atoms with E-state index in [1.54, 1.807) is 6.08 Å². The van der Waals surface area contributed by atoms with Crippen molar-refractivity contribution < 1.29 is 24.2 Å². The molecule has 0 amide bonds. The van der Waals surface area contributed by atoms with E-state index in [4.69, 9.17) is 4.74 Å². The maximum atomic E-state index is 13.6. The monoisotopic (exact) mass is 386 g/mol. The lowest BCUT2D eigenvalue weighted by molar-refractivity contribution is -0.202. The summed E-state index contributed by atoms with van der Waals surface area (Å²) in [6.45, 7) is 4.55. The van der Waals surface area contributed by atoms with E-state index < -0.39 is 11.0 Å². The van der Waals surface area contributed by atoms with Gasteiger partial charge in [-0.1, -0.05) is 13.8 Å². The molecule has 1 N–H and O–H groups in total. The van der Waals surface area contributed by atoms with Gasteiger partial charge in [0.05, 0.1) is 5.60 Å². The summed E-state index contributed by atoms with van der Waals surface area (Å²) in [5.41, 5.74) is -0.663. The van der Waals surface area contributed by atoms with Gasteiger partial charge in [-0.05, 0) is 60.8 Å². The minimum atomic E-state index is -0.891. The van der Waals surface area contributed by atoms with E-state index in [1.807, 2.05) is 0 Å². The number of rotatable bonds is 1. The molecule has 0 aromatic rings. The summed E-state index contributed by atoms with van der Waals surface area (Å²) < 4.78 is 5.14. The number of aliphatic hydroxyl groups is 1. The third-order valence-corrected chi connectivity index (χ3v) is 9.49. The molecule has 7 atom stereocenters. The molecule has 3 unspecified atom stereocenters. The lowest BCUT2D eigenvalue weighted by atomic mass is 9.43. The van der Waals surface area contributed by atoms with Gasteiger partial charge in [0.2, 0.25) is 0 Å². The predicted molar refractivity (Wildman–Crippen MR) is 101 cm³/mol. The average Bonchev–Trinajstić information content (AvgIpc) is 3.16. The van der Waals surface area contributed by atoms with Crippen LogP contribution in [0.5, 0.6) is 0 Å². The van der Waals surface area contributed by atoms with Gasteiger partial charge >= 0.3 is 5.97 Å². The Balaban J connectivity index is 1.53. The fraction of sp³-hybridized carbons (Fsp3) is 0.783. The van der Waals surface area contributed by atoms with Gasteiger partial charge in [-0.25, -0.2) is 4.79 Å². The molecule has 1 heterocycles. The first-order chi connectivity index (χ1) is 13.2. The number of Topliss-reactive ketones (excluding diaryl/α,β-unsaturated/α-hetero) is 2. The van der Waals surface area contributed by atoms with Crippen molar-refractivity contribution in [3.63, 3.8) is 0 Å². The van der Waals surface area contributed by atoms with Gasteiger partial charge in [0.15, 0.2) is 0 Å². The van der Waals surface area contributed by atoms with E-state index in [9.17, 15) is 19.5 Å². The Morgan fingerprint density at radius 1 is 1.11 bits per heavy atom. The van der Waals surface area contributed by atoms with Crippen LogP contribution in [-0.2, 0) is 19.1 Å². The maximum absolute atomic E-state index is 13.6. The van der Waals surface area contributed by atoms with E-state index >= 15 is 0 Å². The van der Waals surface area contributed by atoms with Crippen molar-refractivity contribution in [1.82, 2.24) is 0 Å². The van der Waals surface area contributed by atoms with E-state index in [2.05, 4.69) is 13.8 Å². The van der Waals surface area contributed by atoms with Gasteiger partial charge in [0.25, 0.3) is 0 Å². The van der Waals surface area contributed by atoms with Crippen LogP contribution >= 0.6 is 0 Å². The first-order valence-electron chi connectivity index (χ1n) is 10.8. The summed E-state index contributed by atoms with van der Waals surface area (Å²) in [6, 6.07) is 0. The number of carbonyl (C=O) groups excluding carboxylic acids is 3. The van der Waals surface area contributed by atoms with Gasteiger partial charge < -0.3 is 9.84 Å². The molecule has 5 nitrogen and oxygen atoms in total. The second-order valence-corrected chi connectivity index (χ2v) is 10.5. The Kier molecular flexibility index (Phi) is 3.82. The normalized spacial score (nSPS) is 50.5. The molecule has 0 radical (unpaired) electrons. The fourth-order valence-corrected chi connectivity index (χ4v) is 7.99. The van der Waals surface area contributed by atoms with Gasteiger partial charge in [0.1, 0.15) is 18.2 Å². The van der Waals surface area contributed by atoms with E-state index in [1.165, 1.54) is 0 Å². The maximum Gasteiger partial charge on any atom is 0.331 e. The van der Waals surface area contributed by atoms with Crippen LogP contribution in [0.2, 0.25) is 0 Å². The highest BCUT2D eigenvalue weighted by molar-refractivity contribution is 5.87. The average molecular weight is 386 g/mol. The largest absolute Gasteiger partial charge is 0.458 e. The van der Waals surface area contributed by atoms with Crippen LogP contribution in [0.1, 0.15) is 65.2 Å². The lowest BCUT2D eigenvalue weighted by Gasteiger charge is -2.62. The van der Waals surface area contributed by atoms with Crippen molar-refractivity contribution in [3.05, 3.63) is 11.6 Å². The minimum Gasteiger partial charge on any atom is -0.458 e. The number of hydrogen-bond acceptors (Lipinski definition) is 5. The van der Waals surface area contributed by atoms with Crippen molar-refractivity contribution >= 4 is 17.5 Å². The van der Waals surface area contributed by atoms with Crippen molar-refractivity contribution in [2.24, 2.45) is 34.5 Å². The Hall–Kier alpha value is -1.49. The quantitative estimate of drug-likeness (QED) is 0.701. The van der Waals surface area contributed by atoms with Crippen molar-refractivity contribution in [2.75, 3.05) is 6.61 Å².